The molecule has 0 saturated carbocycles. The molecule has 0 amide bonds. The Morgan fingerprint density at radius 1 is 1.42 bits per heavy atom. The van der Waals surface area contributed by atoms with Gasteiger partial charge in [0.05, 0.1) is 17.1 Å². The van der Waals surface area contributed by atoms with Crippen molar-refractivity contribution in [2.45, 2.75) is 38.8 Å². The summed E-state index contributed by atoms with van der Waals surface area (Å²) in [6.45, 7) is 4.01. The van der Waals surface area contributed by atoms with Gasteiger partial charge in [-0.15, -0.1) is 0 Å². The van der Waals surface area contributed by atoms with Crippen LogP contribution in [0.4, 0.5) is 10.1 Å². The molecular weight excluding hydrogens is 251 g/mol. The molecule has 0 bridgehead atoms. The molecule has 0 aliphatic carbocycles. The van der Waals surface area contributed by atoms with Crippen LogP contribution in [0.15, 0.2) is 18.2 Å². The van der Waals surface area contributed by atoms with Gasteiger partial charge < -0.3 is 10.8 Å². The van der Waals surface area contributed by atoms with Crippen molar-refractivity contribution >= 4 is 5.69 Å². The Morgan fingerprint density at radius 3 is 2.58 bits per heavy atom. The standard InChI is InChI=1S/C13H19FN2O3/c1-8(2)3-6-12(17)13(15)10-7-9(16(18)19)4-5-11(10)14/h4-5,7-8,12-13,17H,3,6,15H2,1-2H3/t12-,13+/m1/s1. The molecule has 0 spiro atoms. The van der Waals surface area contributed by atoms with E-state index in [1.165, 1.54) is 0 Å². The fraction of sp³-hybridized carbons (Fsp3) is 0.538. The van der Waals surface area contributed by atoms with Crippen molar-refractivity contribution in [3.05, 3.63) is 39.7 Å². The molecule has 0 saturated heterocycles. The van der Waals surface area contributed by atoms with Gasteiger partial charge in [-0.1, -0.05) is 13.8 Å². The second kappa shape index (κ2) is 6.58. The fourth-order valence-electron chi connectivity index (χ4n) is 1.79. The lowest BCUT2D eigenvalue weighted by molar-refractivity contribution is -0.385. The summed E-state index contributed by atoms with van der Waals surface area (Å²) in [4.78, 5) is 10.0. The third kappa shape index (κ3) is 4.25. The normalized spacial score (nSPS) is 14.4. The molecule has 5 nitrogen and oxygen atoms in total. The van der Waals surface area contributed by atoms with Crippen LogP contribution in [0.25, 0.3) is 0 Å². The zero-order chi connectivity index (χ0) is 14.6. The third-order valence-corrected chi connectivity index (χ3v) is 3.00. The maximum atomic E-state index is 13.6. The van der Waals surface area contributed by atoms with Gasteiger partial charge in [-0.25, -0.2) is 4.39 Å². The number of halogens is 1. The number of non-ortho nitro benzene ring substituents is 1. The lowest BCUT2D eigenvalue weighted by Crippen LogP contribution is -2.27. The molecule has 0 fully saturated rings. The number of benzene rings is 1. The SMILES string of the molecule is CC(C)CC[C@@H](O)[C@@H](N)c1cc([N+](=O)[O-])ccc1F. The molecule has 19 heavy (non-hydrogen) atoms. The number of nitrogens with two attached hydrogens (primary N) is 1. The second-order valence-electron chi connectivity index (χ2n) is 5.03. The minimum absolute atomic E-state index is 0.0227. The molecule has 0 unspecified atom stereocenters. The molecule has 0 aromatic heterocycles. The van der Waals surface area contributed by atoms with Crippen molar-refractivity contribution in [2.24, 2.45) is 11.7 Å². The molecule has 6 heteroatoms. The van der Waals surface area contributed by atoms with Crippen molar-refractivity contribution in [1.29, 1.82) is 0 Å². The van der Waals surface area contributed by atoms with Crippen LogP contribution in [0.2, 0.25) is 0 Å². The van der Waals surface area contributed by atoms with Gasteiger partial charge >= 0.3 is 0 Å². The summed E-state index contributed by atoms with van der Waals surface area (Å²) in [5.74, 6) is -0.237. The van der Waals surface area contributed by atoms with Crippen LogP contribution in [-0.2, 0) is 0 Å². The quantitative estimate of drug-likeness (QED) is 0.614. The fourth-order valence-corrected chi connectivity index (χ4v) is 1.79. The summed E-state index contributed by atoms with van der Waals surface area (Å²) in [5, 5.41) is 20.6. The highest BCUT2D eigenvalue weighted by atomic mass is 19.1. The Kier molecular flexibility index (Phi) is 5.38. The number of hydrogen-bond donors (Lipinski definition) is 2. The summed E-state index contributed by atoms with van der Waals surface area (Å²) in [7, 11) is 0. The number of hydrogen-bond acceptors (Lipinski definition) is 4. The van der Waals surface area contributed by atoms with Gasteiger partial charge in [0, 0.05) is 17.7 Å². The summed E-state index contributed by atoms with van der Waals surface area (Å²) >= 11 is 0. The van der Waals surface area contributed by atoms with E-state index in [-0.39, 0.29) is 11.3 Å². The van der Waals surface area contributed by atoms with Crippen LogP contribution in [0.1, 0.15) is 38.3 Å². The van der Waals surface area contributed by atoms with Crippen molar-refractivity contribution in [1.82, 2.24) is 0 Å². The molecule has 2 atom stereocenters. The van der Waals surface area contributed by atoms with Crippen LogP contribution in [0.3, 0.4) is 0 Å². The topological polar surface area (TPSA) is 89.4 Å². The third-order valence-electron chi connectivity index (χ3n) is 3.00. The maximum Gasteiger partial charge on any atom is 0.269 e. The molecule has 106 valence electrons. The number of nitrogens with zero attached hydrogens (tertiary/aromatic N) is 1. The van der Waals surface area contributed by atoms with Crippen LogP contribution < -0.4 is 5.73 Å². The number of aliphatic hydroxyl groups excluding tert-OH is 1. The van der Waals surface area contributed by atoms with Gasteiger partial charge in [0.25, 0.3) is 5.69 Å². The van der Waals surface area contributed by atoms with Gasteiger partial charge in [0.2, 0.25) is 0 Å². The van der Waals surface area contributed by atoms with Gasteiger partial charge in [-0.2, -0.15) is 0 Å². The smallest absolute Gasteiger partial charge is 0.269 e. The highest BCUT2D eigenvalue weighted by Gasteiger charge is 2.22. The van der Waals surface area contributed by atoms with E-state index < -0.39 is 22.9 Å². The van der Waals surface area contributed by atoms with E-state index in [0.717, 1.165) is 24.6 Å². The van der Waals surface area contributed by atoms with Crippen LogP contribution >= 0.6 is 0 Å². The lowest BCUT2D eigenvalue weighted by Gasteiger charge is -2.20. The van der Waals surface area contributed by atoms with E-state index >= 15 is 0 Å². The zero-order valence-corrected chi connectivity index (χ0v) is 11.0. The van der Waals surface area contributed by atoms with Crippen LogP contribution in [0.5, 0.6) is 0 Å². The minimum Gasteiger partial charge on any atom is -0.391 e. The van der Waals surface area contributed by atoms with E-state index in [4.69, 9.17) is 5.73 Å². The van der Waals surface area contributed by atoms with E-state index in [1.807, 2.05) is 13.8 Å². The average molecular weight is 270 g/mol. The predicted molar refractivity (Wildman–Crippen MR) is 70.1 cm³/mol. The van der Waals surface area contributed by atoms with Gasteiger partial charge in [-0.3, -0.25) is 10.1 Å². The van der Waals surface area contributed by atoms with Crippen molar-refractivity contribution in [2.75, 3.05) is 0 Å². The summed E-state index contributed by atoms with van der Waals surface area (Å²) in [5.41, 5.74) is 5.53. The first-order valence-corrected chi connectivity index (χ1v) is 6.20. The van der Waals surface area contributed by atoms with E-state index in [9.17, 15) is 19.6 Å². The number of aliphatic hydroxyl groups is 1. The molecule has 1 aromatic rings. The Balaban J connectivity index is 2.88. The Bertz CT molecular complexity index is 452. The second-order valence-corrected chi connectivity index (χ2v) is 5.03. The zero-order valence-electron chi connectivity index (χ0n) is 11.0. The largest absolute Gasteiger partial charge is 0.391 e. The number of nitro groups is 1. The number of rotatable bonds is 6. The molecule has 1 rings (SSSR count). The maximum absolute atomic E-state index is 13.6. The lowest BCUT2D eigenvalue weighted by atomic mass is 9.95. The molecular formula is C13H19FN2O3. The minimum atomic E-state index is -0.960. The predicted octanol–water partition coefficient (Wildman–Crippen LogP) is 2.53. The molecule has 0 heterocycles. The first kappa shape index (κ1) is 15.5. The van der Waals surface area contributed by atoms with Crippen LogP contribution in [-0.4, -0.2) is 16.1 Å². The first-order valence-electron chi connectivity index (χ1n) is 6.20. The van der Waals surface area contributed by atoms with E-state index in [1.54, 1.807) is 0 Å². The van der Waals surface area contributed by atoms with Gasteiger partial charge in [-0.05, 0) is 24.8 Å². The summed E-state index contributed by atoms with van der Waals surface area (Å²) < 4.78 is 13.6. The van der Waals surface area contributed by atoms with E-state index in [2.05, 4.69) is 0 Å². The van der Waals surface area contributed by atoms with E-state index in [0.29, 0.717) is 12.3 Å². The van der Waals surface area contributed by atoms with Crippen LogP contribution in [0, 0.1) is 21.8 Å². The Hall–Kier alpha value is -1.53. The van der Waals surface area contributed by atoms with Gasteiger partial charge in [0.15, 0.2) is 0 Å². The molecule has 1 aromatic carbocycles. The highest BCUT2D eigenvalue weighted by Crippen LogP contribution is 2.25. The molecule has 0 radical (unpaired) electrons. The monoisotopic (exact) mass is 270 g/mol. The highest BCUT2D eigenvalue weighted by molar-refractivity contribution is 5.37. The Labute approximate surface area is 111 Å². The van der Waals surface area contributed by atoms with Crippen molar-refractivity contribution in [3.63, 3.8) is 0 Å². The molecule has 3 N–H and O–H groups in total. The molecule has 0 aliphatic heterocycles. The number of nitro benzene ring substituents is 1. The average Bonchev–Trinajstić information content (AvgIpc) is 2.35. The van der Waals surface area contributed by atoms with Crippen molar-refractivity contribution < 1.29 is 14.4 Å². The molecule has 0 aliphatic rings. The van der Waals surface area contributed by atoms with Gasteiger partial charge in [0.1, 0.15) is 5.82 Å². The first-order chi connectivity index (χ1) is 8.82. The van der Waals surface area contributed by atoms with Crippen molar-refractivity contribution in [3.8, 4) is 0 Å². The summed E-state index contributed by atoms with van der Waals surface area (Å²) in [6.07, 6.45) is 0.269. The summed E-state index contributed by atoms with van der Waals surface area (Å²) in [6, 6.07) is 2.20. The Morgan fingerprint density at radius 2 is 2.05 bits per heavy atom.